The summed E-state index contributed by atoms with van der Waals surface area (Å²) in [5.41, 5.74) is 6.57. The van der Waals surface area contributed by atoms with Crippen molar-refractivity contribution in [2.24, 2.45) is 0 Å². The molecule has 3 aromatic rings. The molecular formula is C14H12FN3OS. The summed E-state index contributed by atoms with van der Waals surface area (Å²) in [4.78, 5) is 9.56. The van der Waals surface area contributed by atoms with Crippen molar-refractivity contribution < 1.29 is 9.13 Å². The van der Waals surface area contributed by atoms with E-state index in [-0.39, 0.29) is 5.82 Å². The van der Waals surface area contributed by atoms with Crippen LogP contribution >= 0.6 is 11.3 Å². The molecule has 20 heavy (non-hydrogen) atoms. The van der Waals surface area contributed by atoms with Crippen LogP contribution < -0.4 is 10.5 Å². The van der Waals surface area contributed by atoms with E-state index in [4.69, 9.17) is 10.5 Å². The Morgan fingerprint density at radius 2 is 2.15 bits per heavy atom. The van der Waals surface area contributed by atoms with E-state index in [0.29, 0.717) is 29.6 Å². The lowest BCUT2D eigenvalue weighted by atomic mass is 10.1. The maximum absolute atomic E-state index is 13.3. The zero-order valence-electron chi connectivity index (χ0n) is 10.8. The number of nitrogen functional groups attached to an aromatic ring is 1. The van der Waals surface area contributed by atoms with Gasteiger partial charge in [0.05, 0.1) is 17.6 Å². The second-order valence-electron chi connectivity index (χ2n) is 4.15. The average molecular weight is 289 g/mol. The summed E-state index contributed by atoms with van der Waals surface area (Å²) in [5.74, 6) is 0.920. The summed E-state index contributed by atoms with van der Waals surface area (Å²) in [7, 11) is 0. The van der Waals surface area contributed by atoms with Gasteiger partial charge >= 0.3 is 0 Å². The number of rotatable bonds is 3. The van der Waals surface area contributed by atoms with E-state index in [1.807, 2.05) is 18.4 Å². The molecule has 0 spiro atoms. The molecule has 0 saturated carbocycles. The van der Waals surface area contributed by atoms with E-state index < -0.39 is 0 Å². The first-order valence-electron chi connectivity index (χ1n) is 6.12. The van der Waals surface area contributed by atoms with Gasteiger partial charge in [-0.15, -0.1) is 11.3 Å². The molecule has 0 aliphatic carbocycles. The Labute approximate surface area is 119 Å². The van der Waals surface area contributed by atoms with Gasteiger partial charge in [0, 0.05) is 6.07 Å². The SMILES string of the molecule is CCOc1cc(F)ccc1-c1nc(N)c2ccsc2n1. The highest BCUT2D eigenvalue weighted by Gasteiger charge is 2.13. The number of halogens is 1. The highest BCUT2D eigenvalue weighted by atomic mass is 32.1. The Bertz CT molecular complexity index is 772. The van der Waals surface area contributed by atoms with E-state index >= 15 is 0 Å². The highest BCUT2D eigenvalue weighted by Crippen LogP contribution is 2.32. The second-order valence-corrected chi connectivity index (χ2v) is 5.04. The van der Waals surface area contributed by atoms with Gasteiger partial charge in [-0.25, -0.2) is 14.4 Å². The van der Waals surface area contributed by atoms with Crippen molar-refractivity contribution in [3.05, 3.63) is 35.5 Å². The number of ether oxygens (including phenoxy) is 1. The van der Waals surface area contributed by atoms with Gasteiger partial charge in [0.15, 0.2) is 5.82 Å². The topological polar surface area (TPSA) is 61.0 Å². The fourth-order valence-corrected chi connectivity index (χ4v) is 2.73. The minimum absolute atomic E-state index is 0.359. The van der Waals surface area contributed by atoms with Gasteiger partial charge in [-0.3, -0.25) is 0 Å². The second kappa shape index (κ2) is 5.05. The van der Waals surface area contributed by atoms with Gasteiger partial charge in [0.2, 0.25) is 0 Å². The Morgan fingerprint density at radius 3 is 2.95 bits per heavy atom. The summed E-state index contributed by atoms with van der Waals surface area (Å²) < 4.78 is 18.8. The van der Waals surface area contributed by atoms with Crippen LogP contribution in [0.5, 0.6) is 5.75 Å². The van der Waals surface area contributed by atoms with Crippen molar-refractivity contribution in [2.45, 2.75) is 6.92 Å². The Hall–Kier alpha value is -2.21. The minimum atomic E-state index is -0.359. The van der Waals surface area contributed by atoms with Crippen LogP contribution in [0.25, 0.3) is 21.6 Å². The van der Waals surface area contributed by atoms with Crippen molar-refractivity contribution in [2.75, 3.05) is 12.3 Å². The molecular weight excluding hydrogens is 277 g/mol. The van der Waals surface area contributed by atoms with Gasteiger partial charge in [-0.1, -0.05) is 0 Å². The normalized spacial score (nSPS) is 10.9. The molecule has 1 aromatic carbocycles. The molecule has 0 atom stereocenters. The van der Waals surface area contributed by atoms with Gasteiger partial charge in [0.1, 0.15) is 22.2 Å². The minimum Gasteiger partial charge on any atom is -0.493 e. The highest BCUT2D eigenvalue weighted by molar-refractivity contribution is 7.16. The molecule has 2 N–H and O–H groups in total. The third-order valence-corrected chi connectivity index (χ3v) is 3.65. The monoisotopic (exact) mass is 289 g/mol. The predicted octanol–water partition coefficient (Wildman–Crippen LogP) is 3.48. The first-order chi connectivity index (χ1) is 9.69. The van der Waals surface area contributed by atoms with Crippen LogP contribution in [0.3, 0.4) is 0 Å². The lowest BCUT2D eigenvalue weighted by molar-refractivity contribution is 0.339. The molecule has 6 heteroatoms. The number of hydrogen-bond donors (Lipinski definition) is 1. The molecule has 2 aromatic heterocycles. The average Bonchev–Trinajstić information content (AvgIpc) is 2.88. The summed E-state index contributed by atoms with van der Waals surface area (Å²) >= 11 is 1.49. The first kappa shape index (κ1) is 12.8. The van der Waals surface area contributed by atoms with E-state index in [1.54, 1.807) is 6.07 Å². The van der Waals surface area contributed by atoms with Gasteiger partial charge in [-0.05, 0) is 30.5 Å². The van der Waals surface area contributed by atoms with Crippen molar-refractivity contribution in [1.82, 2.24) is 9.97 Å². The number of fused-ring (bicyclic) bond motifs is 1. The van der Waals surface area contributed by atoms with Crippen molar-refractivity contribution in [3.63, 3.8) is 0 Å². The third kappa shape index (κ3) is 2.18. The van der Waals surface area contributed by atoms with Crippen molar-refractivity contribution >= 4 is 27.4 Å². The van der Waals surface area contributed by atoms with Gasteiger partial charge in [0.25, 0.3) is 0 Å². The smallest absolute Gasteiger partial charge is 0.166 e. The summed E-state index contributed by atoms with van der Waals surface area (Å²) in [6.45, 7) is 2.28. The molecule has 0 fully saturated rings. The maximum atomic E-state index is 13.3. The van der Waals surface area contributed by atoms with E-state index in [9.17, 15) is 4.39 Å². The van der Waals surface area contributed by atoms with Gasteiger partial charge < -0.3 is 10.5 Å². The van der Waals surface area contributed by atoms with Crippen LogP contribution in [-0.4, -0.2) is 16.6 Å². The van der Waals surface area contributed by atoms with E-state index in [0.717, 1.165) is 10.2 Å². The summed E-state index contributed by atoms with van der Waals surface area (Å²) in [6.07, 6.45) is 0. The molecule has 4 nitrogen and oxygen atoms in total. The number of hydrogen-bond acceptors (Lipinski definition) is 5. The van der Waals surface area contributed by atoms with Crippen molar-refractivity contribution in [1.29, 1.82) is 0 Å². The van der Waals surface area contributed by atoms with Crippen LogP contribution in [0.4, 0.5) is 10.2 Å². The number of nitrogens with zero attached hydrogens (tertiary/aromatic N) is 2. The number of thiophene rings is 1. The van der Waals surface area contributed by atoms with Crippen LogP contribution in [0.2, 0.25) is 0 Å². The third-order valence-electron chi connectivity index (χ3n) is 2.84. The van der Waals surface area contributed by atoms with Crippen LogP contribution in [0.15, 0.2) is 29.6 Å². The van der Waals surface area contributed by atoms with Crippen molar-refractivity contribution in [3.8, 4) is 17.1 Å². The number of benzene rings is 1. The molecule has 0 aliphatic rings. The standard InChI is InChI=1S/C14H12FN3OS/c1-2-19-11-7-8(15)3-4-9(11)13-17-12(16)10-5-6-20-14(10)18-13/h3-7H,2H2,1H3,(H2,16,17,18). The Kier molecular flexibility index (Phi) is 3.23. The molecule has 0 unspecified atom stereocenters. The first-order valence-corrected chi connectivity index (χ1v) is 7.00. The molecule has 0 aliphatic heterocycles. The van der Waals surface area contributed by atoms with E-state index in [2.05, 4.69) is 9.97 Å². The maximum Gasteiger partial charge on any atom is 0.166 e. The lowest BCUT2D eigenvalue weighted by Crippen LogP contribution is -2.00. The lowest BCUT2D eigenvalue weighted by Gasteiger charge is -2.09. The fraction of sp³-hybridized carbons (Fsp3) is 0.143. The van der Waals surface area contributed by atoms with Gasteiger partial charge in [-0.2, -0.15) is 0 Å². The summed E-state index contributed by atoms with van der Waals surface area (Å²) in [6, 6.07) is 6.18. The number of anilines is 1. The molecule has 0 saturated heterocycles. The number of aromatic nitrogens is 2. The summed E-state index contributed by atoms with van der Waals surface area (Å²) in [5, 5.41) is 2.74. The molecule has 2 heterocycles. The zero-order chi connectivity index (χ0) is 14.1. The van der Waals surface area contributed by atoms with Crippen LogP contribution in [0, 0.1) is 5.82 Å². The molecule has 0 bridgehead atoms. The quantitative estimate of drug-likeness (QED) is 0.802. The van der Waals surface area contributed by atoms with Crippen LogP contribution in [0.1, 0.15) is 6.92 Å². The molecule has 0 amide bonds. The number of nitrogens with two attached hydrogens (primary N) is 1. The predicted molar refractivity (Wildman–Crippen MR) is 78.4 cm³/mol. The molecule has 0 radical (unpaired) electrons. The fourth-order valence-electron chi connectivity index (χ4n) is 1.95. The Balaban J connectivity index is 2.19. The Morgan fingerprint density at radius 1 is 1.30 bits per heavy atom. The van der Waals surface area contributed by atoms with Crippen LogP contribution in [-0.2, 0) is 0 Å². The van der Waals surface area contributed by atoms with E-state index in [1.165, 1.54) is 23.5 Å². The molecule has 102 valence electrons. The zero-order valence-corrected chi connectivity index (χ0v) is 11.6. The molecule has 3 rings (SSSR count). The largest absolute Gasteiger partial charge is 0.493 e.